The van der Waals surface area contributed by atoms with Crippen LogP contribution in [0, 0.1) is 5.82 Å². The molecule has 3 rings (SSSR count). The first kappa shape index (κ1) is 20.5. The van der Waals surface area contributed by atoms with Crippen molar-refractivity contribution in [3.05, 3.63) is 95.3 Å². The molecule has 0 fully saturated rings. The molecule has 0 saturated carbocycles. The van der Waals surface area contributed by atoms with E-state index in [-0.39, 0.29) is 17.1 Å². The molecule has 150 valence electrons. The molecule has 1 aromatic heterocycles. The van der Waals surface area contributed by atoms with Crippen molar-refractivity contribution in [1.82, 2.24) is 14.9 Å². The van der Waals surface area contributed by atoms with Crippen LogP contribution in [-0.2, 0) is 17.3 Å². The van der Waals surface area contributed by atoms with Crippen LogP contribution >= 0.6 is 0 Å². The molecule has 0 aliphatic heterocycles. The molecule has 2 aromatic carbocycles. The van der Waals surface area contributed by atoms with Crippen LogP contribution in [0.2, 0.25) is 0 Å². The van der Waals surface area contributed by atoms with Crippen molar-refractivity contribution in [3.8, 4) is 0 Å². The van der Waals surface area contributed by atoms with Crippen LogP contribution in [0.15, 0.2) is 67.0 Å². The molecule has 0 radical (unpaired) electrons. The molecule has 1 N–H and O–H groups in total. The highest BCUT2D eigenvalue weighted by Crippen LogP contribution is 2.24. The van der Waals surface area contributed by atoms with Crippen molar-refractivity contribution in [2.24, 2.45) is 7.05 Å². The third kappa shape index (κ3) is 4.99. The number of benzene rings is 2. The summed E-state index contributed by atoms with van der Waals surface area (Å²) in [7, 11) is 1.81. The Morgan fingerprint density at radius 3 is 2.41 bits per heavy atom. The number of aryl methyl sites for hydroxylation is 1. The third-order valence-electron chi connectivity index (χ3n) is 4.82. The number of halogens is 1. The maximum absolute atomic E-state index is 14.4. The van der Waals surface area contributed by atoms with Gasteiger partial charge >= 0.3 is 0 Å². The number of nitrogens with zero attached hydrogens (tertiary/aromatic N) is 2. The van der Waals surface area contributed by atoms with Crippen LogP contribution in [0.4, 0.5) is 4.39 Å². The van der Waals surface area contributed by atoms with Gasteiger partial charge in [0.05, 0.1) is 0 Å². The van der Waals surface area contributed by atoms with Gasteiger partial charge in [-0.1, -0.05) is 63.2 Å². The summed E-state index contributed by atoms with van der Waals surface area (Å²) in [5, 5.41) is 2.87. The Morgan fingerprint density at radius 1 is 1.14 bits per heavy atom. The Morgan fingerprint density at radius 2 is 1.83 bits per heavy atom. The lowest BCUT2D eigenvalue weighted by Crippen LogP contribution is -2.30. The van der Waals surface area contributed by atoms with Crippen LogP contribution in [0.25, 0.3) is 6.08 Å². The monoisotopic (exact) mass is 391 g/mol. The lowest BCUT2D eigenvalue weighted by molar-refractivity contribution is -0.117. The highest BCUT2D eigenvalue weighted by atomic mass is 19.1. The molecule has 5 heteroatoms. The van der Waals surface area contributed by atoms with Gasteiger partial charge in [-0.25, -0.2) is 9.37 Å². The smallest absolute Gasteiger partial charge is 0.244 e. The Balaban J connectivity index is 1.80. The van der Waals surface area contributed by atoms with Crippen molar-refractivity contribution >= 4 is 12.0 Å². The number of rotatable bonds is 5. The summed E-state index contributed by atoms with van der Waals surface area (Å²) in [5.74, 6) is -0.143. The van der Waals surface area contributed by atoms with Gasteiger partial charge in [-0.05, 0) is 28.7 Å². The summed E-state index contributed by atoms with van der Waals surface area (Å²) in [5.41, 5.74) is 2.61. The van der Waals surface area contributed by atoms with E-state index in [0.29, 0.717) is 11.4 Å². The van der Waals surface area contributed by atoms with E-state index < -0.39 is 6.04 Å². The lowest BCUT2D eigenvalue weighted by Gasteiger charge is -2.19. The average molecular weight is 391 g/mol. The normalized spacial score (nSPS) is 12.9. The van der Waals surface area contributed by atoms with Gasteiger partial charge < -0.3 is 9.88 Å². The molecule has 29 heavy (non-hydrogen) atoms. The second-order valence-corrected chi connectivity index (χ2v) is 8.06. The maximum Gasteiger partial charge on any atom is 0.244 e. The zero-order valence-electron chi connectivity index (χ0n) is 17.2. The standard InChI is InChI=1S/C24H26FN3O/c1-24(2,3)18-12-9-17(10-13-18)11-14-21(29)27-22(23-26-15-16-28(23)4)19-7-5-6-8-20(19)25/h5-16,22H,1-4H3,(H,27,29)/b14-11+/t22-/m0/s1. The first-order chi connectivity index (χ1) is 13.8. The van der Waals surface area contributed by atoms with Crippen LogP contribution < -0.4 is 5.32 Å². The molecule has 0 spiro atoms. The minimum Gasteiger partial charge on any atom is -0.338 e. The fraction of sp³-hybridized carbons (Fsp3) is 0.250. The van der Waals surface area contributed by atoms with Gasteiger partial charge in [-0.15, -0.1) is 0 Å². The number of imidazole rings is 1. The Kier molecular flexibility index (Phi) is 5.97. The highest BCUT2D eigenvalue weighted by Gasteiger charge is 2.22. The van der Waals surface area contributed by atoms with Crippen LogP contribution in [0.3, 0.4) is 0 Å². The Hall–Kier alpha value is -3.21. The number of carbonyl (C=O) groups excluding carboxylic acids is 1. The average Bonchev–Trinajstić information content (AvgIpc) is 3.10. The van der Waals surface area contributed by atoms with Crippen LogP contribution in [-0.4, -0.2) is 15.5 Å². The fourth-order valence-corrected chi connectivity index (χ4v) is 3.10. The maximum atomic E-state index is 14.4. The third-order valence-corrected chi connectivity index (χ3v) is 4.82. The minimum absolute atomic E-state index is 0.0780. The number of hydrogen-bond acceptors (Lipinski definition) is 2. The van der Waals surface area contributed by atoms with Gasteiger partial charge in [-0.2, -0.15) is 0 Å². The second kappa shape index (κ2) is 8.43. The molecule has 0 aliphatic rings. The molecular formula is C24H26FN3O. The van der Waals surface area contributed by atoms with E-state index in [1.54, 1.807) is 41.2 Å². The van der Waals surface area contributed by atoms with Crippen molar-refractivity contribution < 1.29 is 9.18 Å². The van der Waals surface area contributed by atoms with Gasteiger partial charge in [0, 0.05) is 31.1 Å². The van der Waals surface area contributed by atoms with E-state index in [1.165, 1.54) is 17.7 Å². The molecule has 4 nitrogen and oxygen atoms in total. The van der Waals surface area contributed by atoms with Gasteiger partial charge in [-0.3, -0.25) is 4.79 Å². The molecule has 0 bridgehead atoms. The second-order valence-electron chi connectivity index (χ2n) is 8.06. The van der Waals surface area contributed by atoms with Crippen LogP contribution in [0.5, 0.6) is 0 Å². The van der Waals surface area contributed by atoms with E-state index >= 15 is 0 Å². The first-order valence-electron chi connectivity index (χ1n) is 9.56. The Labute approximate surface area is 171 Å². The van der Waals surface area contributed by atoms with Crippen molar-refractivity contribution in [2.45, 2.75) is 32.2 Å². The number of hydrogen-bond donors (Lipinski definition) is 1. The predicted molar refractivity (Wildman–Crippen MR) is 114 cm³/mol. The summed E-state index contributed by atoms with van der Waals surface area (Å²) < 4.78 is 16.2. The molecule has 3 aromatic rings. The first-order valence-corrected chi connectivity index (χ1v) is 9.56. The number of amides is 1. The van der Waals surface area contributed by atoms with Gasteiger partial charge in [0.1, 0.15) is 17.7 Å². The number of carbonyl (C=O) groups is 1. The molecule has 1 atom stereocenters. The number of nitrogens with one attached hydrogen (secondary N) is 1. The fourth-order valence-electron chi connectivity index (χ4n) is 3.10. The van der Waals surface area contributed by atoms with E-state index in [9.17, 15) is 9.18 Å². The van der Waals surface area contributed by atoms with E-state index in [2.05, 4.69) is 43.2 Å². The lowest BCUT2D eigenvalue weighted by atomic mass is 9.87. The topological polar surface area (TPSA) is 46.9 Å². The highest BCUT2D eigenvalue weighted by molar-refractivity contribution is 5.92. The van der Waals surface area contributed by atoms with Crippen molar-refractivity contribution in [1.29, 1.82) is 0 Å². The van der Waals surface area contributed by atoms with Crippen molar-refractivity contribution in [3.63, 3.8) is 0 Å². The summed E-state index contributed by atoms with van der Waals surface area (Å²) in [4.78, 5) is 16.9. The summed E-state index contributed by atoms with van der Waals surface area (Å²) in [6.45, 7) is 6.48. The largest absolute Gasteiger partial charge is 0.338 e. The molecule has 0 unspecified atom stereocenters. The number of aromatic nitrogens is 2. The SMILES string of the molecule is Cn1ccnc1[C@@H](NC(=O)/C=C/c1ccc(C(C)(C)C)cc1)c1ccccc1F. The quantitative estimate of drug-likeness (QED) is 0.637. The van der Waals surface area contributed by atoms with Crippen LogP contribution in [0.1, 0.15) is 49.3 Å². The van der Waals surface area contributed by atoms with E-state index in [4.69, 9.17) is 0 Å². The summed E-state index contributed by atoms with van der Waals surface area (Å²) >= 11 is 0. The molecule has 0 saturated heterocycles. The van der Waals surface area contributed by atoms with E-state index in [0.717, 1.165) is 5.56 Å². The summed E-state index contributed by atoms with van der Waals surface area (Å²) in [6.07, 6.45) is 6.60. The van der Waals surface area contributed by atoms with Gasteiger partial charge in [0.15, 0.2) is 0 Å². The zero-order valence-corrected chi connectivity index (χ0v) is 17.2. The summed E-state index contributed by atoms with van der Waals surface area (Å²) in [6, 6.07) is 13.8. The minimum atomic E-state index is -0.684. The van der Waals surface area contributed by atoms with Gasteiger partial charge in [0.25, 0.3) is 0 Å². The van der Waals surface area contributed by atoms with E-state index in [1.807, 2.05) is 19.2 Å². The molecular weight excluding hydrogens is 365 g/mol. The molecule has 1 amide bonds. The molecule has 1 heterocycles. The predicted octanol–water partition coefficient (Wildman–Crippen LogP) is 4.78. The Bertz CT molecular complexity index is 1010. The van der Waals surface area contributed by atoms with Gasteiger partial charge in [0.2, 0.25) is 5.91 Å². The van der Waals surface area contributed by atoms with Crippen molar-refractivity contribution in [2.75, 3.05) is 0 Å². The zero-order chi connectivity index (χ0) is 21.0. The molecule has 0 aliphatic carbocycles.